The third-order valence-electron chi connectivity index (χ3n) is 4.09. The van der Waals surface area contributed by atoms with E-state index in [-0.39, 0.29) is 12.2 Å². The SMILES string of the molecule is CCOc1ccc(C(OC)C(COC)Oc2ccccc2OC)cc1OC. The van der Waals surface area contributed by atoms with Gasteiger partial charge in [0.05, 0.1) is 27.4 Å². The molecule has 0 bridgehead atoms. The van der Waals surface area contributed by atoms with Crippen molar-refractivity contribution in [1.82, 2.24) is 0 Å². The highest BCUT2D eigenvalue weighted by Crippen LogP contribution is 2.35. The van der Waals surface area contributed by atoms with Gasteiger partial charge in [-0.1, -0.05) is 18.2 Å². The van der Waals surface area contributed by atoms with Crippen LogP contribution in [-0.2, 0) is 9.47 Å². The Kier molecular flexibility index (Phi) is 8.23. The predicted molar refractivity (Wildman–Crippen MR) is 103 cm³/mol. The summed E-state index contributed by atoms with van der Waals surface area (Å²) in [6.45, 7) is 2.83. The standard InChI is InChI=1S/C21H28O6/c1-6-26-17-12-11-15(13-19(17)24-4)21(25-5)20(14-22-2)27-18-10-8-7-9-16(18)23-3/h7-13,20-21H,6,14H2,1-5H3. The van der Waals surface area contributed by atoms with Crippen molar-refractivity contribution in [3.63, 3.8) is 0 Å². The second-order valence-corrected chi connectivity index (χ2v) is 5.76. The first-order valence-electron chi connectivity index (χ1n) is 8.80. The van der Waals surface area contributed by atoms with Gasteiger partial charge in [0.15, 0.2) is 29.1 Å². The van der Waals surface area contributed by atoms with Gasteiger partial charge in [0.1, 0.15) is 6.10 Å². The van der Waals surface area contributed by atoms with Crippen molar-refractivity contribution in [2.45, 2.75) is 19.1 Å². The van der Waals surface area contributed by atoms with Gasteiger partial charge in [0, 0.05) is 14.2 Å². The third-order valence-corrected chi connectivity index (χ3v) is 4.09. The van der Waals surface area contributed by atoms with Crippen LogP contribution in [0.5, 0.6) is 23.0 Å². The highest BCUT2D eigenvalue weighted by atomic mass is 16.6. The Morgan fingerprint density at radius 2 is 1.52 bits per heavy atom. The lowest BCUT2D eigenvalue weighted by Crippen LogP contribution is -2.31. The Balaban J connectivity index is 2.33. The highest BCUT2D eigenvalue weighted by Gasteiger charge is 2.27. The lowest BCUT2D eigenvalue weighted by molar-refractivity contribution is -0.0359. The second kappa shape index (κ2) is 10.6. The smallest absolute Gasteiger partial charge is 0.161 e. The van der Waals surface area contributed by atoms with E-state index < -0.39 is 0 Å². The molecule has 0 aromatic heterocycles. The number of ether oxygens (including phenoxy) is 6. The average molecular weight is 376 g/mol. The zero-order valence-corrected chi connectivity index (χ0v) is 16.6. The van der Waals surface area contributed by atoms with Crippen molar-refractivity contribution in [3.8, 4) is 23.0 Å². The van der Waals surface area contributed by atoms with Crippen LogP contribution in [0.2, 0.25) is 0 Å². The van der Waals surface area contributed by atoms with Gasteiger partial charge in [0.2, 0.25) is 0 Å². The molecule has 0 aliphatic rings. The summed E-state index contributed by atoms with van der Waals surface area (Å²) in [5.74, 6) is 2.61. The first-order valence-corrected chi connectivity index (χ1v) is 8.80. The number of hydrogen-bond acceptors (Lipinski definition) is 6. The van der Waals surface area contributed by atoms with Crippen molar-refractivity contribution < 1.29 is 28.4 Å². The number of hydrogen-bond donors (Lipinski definition) is 0. The fourth-order valence-corrected chi connectivity index (χ4v) is 2.87. The van der Waals surface area contributed by atoms with E-state index in [1.165, 1.54) is 0 Å². The fourth-order valence-electron chi connectivity index (χ4n) is 2.87. The number of methoxy groups -OCH3 is 4. The summed E-state index contributed by atoms with van der Waals surface area (Å²) in [5.41, 5.74) is 0.898. The maximum Gasteiger partial charge on any atom is 0.161 e. The zero-order valence-electron chi connectivity index (χ0n) is 16.6. The van der Waals surface area contributed by atoms with E-state index in [1.807, 2.05) is 49.4 Å². The molecule has 2 atom stereocenters. The molecule has 0 aliphatic carbocycles. The van der Waals surface area contributed by atoms with Crippen LogP contribution in [0.3, 0.4) is 0 Å². The molecular weight excluding hydrogens is 348 g/mol. The van der Waals surface area contributed by atoms with Gasteiger partial charge in [-0.3, -0.25) is 0 Å². The highest BCUT2D eigenvalue weighted by molar-refractivity contribution is 5.44. The Morgan fingerprint density at radius 1 is 0.815 bits per heavy atom. The van der Waals surface area contributed by atoms with Crippen molar-refractivity contribution in [2.75, 3.05) is 41.7 Å². The Hall–Kier alpha value is -2.44. The Bertz CT molecular complexity index is 703. The van der Waals surface area contributed by atoms with E-state index in [1.54, 1.807) is 28.4 Å². The van der Waals surface area contributed by atoms with Crippen molar-refractivity contribution >= 4 is 0 Å². The summed E-state index contributed by atoms with van der Waals surface area (Å²) < 4.78 is 33.7. The molecule has 2 unspecified atom stereocenters. The molecule has 148 valence electrons. The molecule has 6 heteroatoms. The molecule has 2 aromatic carbocycles. The minimum absolute atomic E-state index is 0.339. The van der Waals surface area contributed by atoms with Gasteiger partial charge in [-0.15, -0.1) is 0 Å². The van der Waals surface area contributed by atoms with E-state index in [0.717, 1.165) is 5.56 Å². The largest absolute Gasteiger partial charge is 0.493 e. The molecule has 6 nitrogen and oxygen atoms in total. The number of benzene rings is 2. The molecular formula is C21H28O6. The van der Waals surface area contributed by atoms with Gasteiger partial charge < -0.3 is 28.4 Å². The van der Waals surface area contributed by atoms with E-state index in [4.69, 9.17) is 28.4 Å². The van der Waals surface area contributed by atoms with Crippen molar-refractivity contribution in [3.05, 3.63) is 48.0 Å². The summed E-state index contributed by atoms with van der Waals surface area (Å²) in [6.07, 6.45) is -0.765. The van der Waals surface area contributed by atoms with Gasteiger partial charge in [0.25, 0.3) is 0 Å². The molecule has 0 radical (unpaired) electrons. The van der Waals surface area contributed by atoms with Crippen LogP contribution in [0.4, 0.5) is 0 Å². The zero-order chi connectivity index (χ0) is 19.6. The topological polar surface area (TPSA) is 55.4 Å². The summed E-state index contributed by atoms with van der Waals surface area (Å²) >= 11 is 0. The normalized spacial score (nSPS) is 12.9. The summed E-state index contributed by atoms with van der Waals surface area (Å²) in [5, 5.41) is 0. The first kappa shape index (κ1) is 20.9. The maximum absolute atomic E-state index is 6.19. The molecule has 0 saturated heterocycles. The van der Waals surface area contributed by atoms with Gasteiger partial charge in [-0.05, 0) is 36.8 Å². The fraction of sp³-hybridized carbons (Fsp3) is 0.429. The first-order chi connectivity index (χ1) is 13.2. The number of rotatable bonds is 11. The van der Waals surface area contributed by atoms with Crippen LogP contribution in [0.1, 0.15) is 18.6 Å². The monoisotopic (exact) mass is 376 g/mol. The predicted octanol–water partition coefficient (Wildman–Crippen LogP) is 3.88. The summed E-state index contributed by atoms with van der Waals surface area (Å²) in [7, 11) is 6.49. The van der Waals surface area contributed by atoms with E-state index in [0.29, 0.717) is 36.2 Å². The molecule has 0 N–H and O–H groups in total. The van der Waals surface area contributed by atoms with Crippen LogP contribution in [-0.4, -0.2) is 47.8 Å². The maximum atomic E-state index is 6.19. The average Bonchev–Trinajstić information content (AvgIpc) is 2.70. The van der Waals surface area contributed by atoms with Gasteiger partial charge in [-0.25, -0.2) is 0 Å². The third kappa shape index (κ3) is 5.28. The van der Waals surface area contributed by atoms with Gasteiger partial charge in [-0.2, -0.15) is 0 Å². The Morgan fingerprint density at radius 3 is 2.11 bits per heavy atom. The molecule has 0 aliphatic heterocycles. The van der Waals surface area contributed by atoms with Crippen molar-refractivity contribution in [1.29, 1.82) is 0 Å². The lowest BCUT2D eigenvalue weighted by atomic mass is 10.0. The molecule has 27 heavy (non-hydrogen) atoms. The molecule has 0 heterocycles. The van der Waals surface area contributed by atoms with Gasteiger partial charge >= 0.3 is 0 Å². The quantitative estimate of drug-likeness (QED) is 0.593. The summed E-state index contributed by atoms with van der Waals surface area (Å²) in [6, 6.07) is 13.2. The van der Waals surface area contributed by atoms with E-state index >= 15 is 0 Å². The lowest BCUT2D eigenvalue weighted by Gasteiger charge is -2.28. The minimum Gasteiger partial charge on any atom is -0.493 e. The molecule has 0 fully saturated rings. The molecule has 2 rings (SSSR count). The van der Waals surface area contributed by atoms with Crippen molar-refractivity contribution in [2.24, 2.45) is 0 Å². The van der Waals surface area contributed by atoms with E-state index in [2.05, 4.69) is 0 Å². The molecule has 0 saturated carbocycles. The summed E-state index contributed by atoms with van der Waals surface area (Å²) in [4.78, 5) is 0. The number of para-hydroxylation sites is 2. The molecule has 0 spiro atoms. The molecule has 0 amide bonds. The van der Waals surface area contributed by atoms with Crippen LogP contribution in [0.25, 0.3) is 0 Å². The van der Waals surface area contributed by atoms with E-state index in [9.17, 15) is 0 Å². The van der Waals surface area contributed by atoms with Crippen LogP contribution in [0.15, 0.2) is 42.5 Å². The van der Waals surface area contributed by atoms with Crippen LogP contribution < -0.4 is 18.9 Å². The Labute approximate surface area is 160 Å². The molecule has 2 aromatic rings. The van der Waals surface area contributed by atoms with Crippen LogP contribution >= 0.6 is 0 Å². The second-order valence-electron chi connectivity index (χ2n) is 5.76. The van der Waals surface area contributed by atoms with Crippen LogP contribution in [0, 0.1) is 0 Å². The minimum atomic E-state index is -0.390.